The quantitative estimate of drug-likeness (QED) is 0.532. The van der Waals surface area contributed by atoms with Crippen LogP contribution >= 0.6 is 11.6 Å². The molecule has 1 aliphatic heterocycles. The van der Waals surface area contributed by atoms with E-state index in [4.69, 9.17) is 11.6 Å². The Bertz CT molecular complexity index is 104. The summed E-state index contributed by atoms with van der Waals surface area (Å²) in [5.74, 6) is 0. The molecule has 2 unspecified atom stereocenters. The third kappa shape index (κ3) is 3.32. The highest BCUT2D eigenvalue weighted by Gasteiger charge is 2.26. The van der Waals surface area contributed by atoms with Crippen molar-refractivity contribution in [1.82, 2.24) is 4.90 Å². The Morgan fingerprint density at radius 1 is 1.08 bits per heavy atom. The van der Waals surface area contributed by atoms with Gasteiger partial charge in [0, 0.05) is 17.5 Å². The van der Waals surface area contributed by atoms with E-state index in [1.54, 1.807) is 0 Å². The normalized spacial score (nSPS) is 37.0. The Kier molecular flexibility index (Phi) is 5.94. The van der Waals surface area contributed by atoms with Crippen molar-refractivity contribution in [2.75, 3.05) is 7.05 Å². The van der Waals surface area contributed by atoms with Crippen molar-refractivity contribution < 1.29 is 0 Å². The molecule has 0 amide bonds. The number of rotatable bonds is 0. The summed E-state index contributed by atoms with van der Waals surface area (Å²) in [4.78, 5) is 2.40. The minimum absolute atomic E-state index is 0.404. The summed E-state index contributed by atoms with van der Waals surface area (Å²) in [5, 5.41) is 0.404. The standard InChI is InChI=1S/C8H16ClN.C2H6/c1-6-4-8(9)5-7(2)10(6)3;1-2/h6-8H,4-5H2,1-3H3;1-2H3. The zero-order valence-electron chi connectivity index (χ0n) is 8.97. The smallest absolute Gasteiger partial charge is 0.0365 e. The van der Waals surface area contributed by atoms with Crippen LogP contribution in [0.1, 0.15) is 40.5 Å². The maximum Gasteiger partial charge on any atom is 0.0365 e. The van der Waals surface area contributed by atoms with Crippen LogP contribution in [0.3, 0.4) is 0 Å². The number of nitrogens with zero attached hydrogens (tertiary/aromatic N) is 1. The van der Waals surface area contributed by atoms with E-state index in [1.165, 1.54) is 0 Å². The van der Waals surface area contributed by atoms with Crippen LogP contribution in [0, 0.1) is 0 Å². The lowest BCUT2D eigenvalue weighted by atomic mass is 9.98. The number of hydrogen-bond acceptors (Lipinski definition) is 1. The van der Waals surface area contributed by atoms with E-state index in [0.29, 0.717) is 17.5 Å². The molecule has 0 aromatic heterocycles. The number of likely N-dealkylation sites (tertiary alicyclic amines) is 1. The van der Waals surface area contributed by atoms with Crippen LogP contribution in [0.25, 0.3) is 0 Å². The largest absolute Gasteiger partial charge is 0.301 e. The topological polar surface area (TPSA) is 3.24 Å². The average Bonchev–Trinajstić information content (AvgIpc) is 2.04. The predicted molar refractivity (Wildman–Crippen MR) is 56.9 cm³/mol. The summed E-state index contributed by atoms with van der Waals surface area (Å²) in [6.45, 7) is 8.48. The SMILES string of the molecule is CC.CC1CC(Cl)CC(C)N1C. The Morgan fingerprint density at radius 2 is 1.42 bits per heavy atom. The highest BCUT2D eigenvalue weighted by molar-refractivity contribution is 6.20. The molecule has 1 heterocycles. The van der Waals surface area contributed by atoms with E-state index in [1.807, 2.05) is 13.8 Å². The van der Waals surface area contributed by atoms with Gasteiger partial charge >= 0.3 is 0 Å². The van der Waals surface area contributed by atoms with Gasteiger partial charge in [-0.2, -0.15) is 0 Å². The number of hydrogen-bond donors (Lipinski definition) is 0. The van der Waals surface area contributed by atoms with Crippen molar-refractivity contribution >= 4 is 11.6 Å². The van der Waals surface area contributed by atoms with E-state index in [-0.39, 0.29) is 0 Å². The van der Waals surface area contributed by atoms with Gasteiger partial charge in [-0.3, -0.25) is 0 Å². The summed E-state index contributed by atoms with van der Waals surface area (Å²) in [6, 6.07) is 1.32. The summed E-state index contributed by atoms with van der Waals surface area (Å²) in [5.41, 5.74) is 0. The number of halogens is 1. The summed E-state index contributed by atoms with van der Waals surface area (Å²) < 4.78 is 0. The Balaban J connectivity index is 0.000000561. The molecule has 1 aliphatic rings. The fourth-order valence-corrected chi connectivity index (χ4v) is 2.12. The van der Waals surface area contributed by atoms with E-state index < -0.39 is 0 Å². The number of piperidine rings is 1. The van der Waals surface area contributed by atoms with Gasteiger partial charge in [-0.25, -0.2) is 0 Å². The molecule has 12 heavy (non-hydrogen) atoms. The van der Waals surface area contributed by atoms with Gasteiger partial charge in [-0.15, -0.1) is 11.6 Å². The molecule has 0 aliphatic carbocycles. The third-order valence-corrected chi connectivity index (χ3v) is 2.94. The zero-order chi connectivity index (χ0) is 9.72. The Morgan fingerprint density at radius 3 is 1.75 bits per heavy atom. The second-order valence-electron chi connectivity index (χ2n) is 3.43. The highest BCUT2D eigenvalue weighted by atomic mass is 35.5. The predicted octanol–water partition coefficient (Wildman–Crippen LogP) is 3.12. The third-order valence-electron chi connectivity index (χ3n) is 2.58. The molecule has 0 spiro atoms. The lowest BCUT2D eigenvalue weighted by Crippen LogP contribution is -2.44. The van der Waals surface area contributed by atoms with Gasteiger partial charge in [-0.05, 0) is 33.7 Å². The molecule has 1 nitrogen and oxygen atoms in total. The first-order chi connectivity index (χ1) is 5.61. The molecule has 2 heteroatoms. The van der Waals surface area contributed by atoms with Crippen molar-refractivity contribution in [3.63, 3.8) is 0 Å². The van der Waals surface area contributed by atoms with Crippen LogP contribution < -0.4 is 0 Å². The van der Waals surface area contributed by atoms with Gasteiger partial charge in [0.2, 0.25) is 0 Å². The van der Waals surface area contributed by atoms with Crippen molar-refractivity contribution in [2.45, 2.75) is 58.0 Å². The van der Waals surface area contributed by atoms with Crippen molar-refractivity contribution in [2.24, 2.45) is 0 Å². The van der Waals surface area contributed by atoms with Crippen LogP contribution in [-0.2, 0) is 0 Å². The van der Waals surface area contributed by atoms with Gasteiger partial charge < -0.3 is 4.90 Å². The van der Waals surface area contributed by atoms with Gasteiger partial charge in [0.05, 0.1) is 0 Å². The van der Waals surface area contributed by atoms with Crippen molar-refractivity contribution in [1.29, 1.82) is 0 Å². The van der Waals surface area contributed by atoms with Crippen LogP contribution in [0.15, 0.2) is 0 Å². The first-order valence-electron chi connectivity index (χ1n) is 4.97. The molecule has 1 rings (SSSR count). The fraction of sp³-hybridized carbons (Fsp3) is 1.00. The first kappa shape index (κ1) is 12.2. The highest BCUT2D eigenvalue weighted by Crippen LogP contribution is 2.24. The van der Waals surface area contributed by atoms with Crippen molar-refractivity contribution in [3.8, 4) is 0 Å². The molecule has 0 saturated carbocycles. The zero-order valence-corrected chi connectivity index (χ0v) is 9.73. The van der Waals surface area contributed by atoms with Crippen molar-refractivity contribution in [3.05, 3.63) is 0 Å². The maximum absolute atomic E-state index is 6.04. The molecule has 1 fully saturated rings. The Labute approximate surface area is 82.1 Å². The molecular weight excluding hydrogens is 170 g/mol. The van der Waals surface area contributed by atoms with E-state index in [0.717, 1.165) is 12.8 Å². The lowest BCUT2D eigenvalue weighted by Gasteiger charge is -2.38. The minimum atomic E-state index is 0.404. The molecule has 0 bridgehead atoms. The number of alkyl halides is 1. The molecule has 0 radical (unpaired) electrons. The molecule has 0 aromatic rings. The maximum atomic E-state index is 6.04. The molecule has 0 aromatic carbocycles. The summed E-state index contributed by atoms with van der Waals surface area (Å²) in [7, 11) is 2.18. The summed E-state index contributed by atoms with van der Waals surface area (Å²) >= 11 is 6.04. The van der Waals surface area contributed by atoms with Crippen LogP contribution in [0.5, 0.6) is 0 Å². The molecular formula is C10H22ClN. The summed E-state index contributed by atoms with van der Waals surface area (Å²) in [6.07, 6.45) is 2.28. The molecule has 0 N–H and O–H groups in total. The van der Waals surface area contributed by atoms with Gasteiger partial charge in [0.1, 0.15) is 0 Å². The second-order valence-corrected chi connectivity index (χ2v) is 4.05. The fourth-order valence-electron chi connectivity index (χ4n) is 1.60. The van der Waals surface area contributed by atoms with E-state index >= 15 is 0 Å². The Hall–Kier alpha value is 0.250. The first-order valence-corrected chi connectivity index (χ1v) is 5.41. The van der Waals surface area contributed by atoms with Gasteiger partial charge in [0.15, 0.2) is 0 Å². The van der Waals surface area contributed by atoms with Crippen LogP contribution in [0.4, 0.5) is 0 Å². The van der Waals surface area contributed by atoms with E-state index in [2.05, 4.69) is 25.8 Å². The van der Waals surface area contributed by atoms with E-state index in [9.17, 15) is 0 Å². The monoisotopic (exact) mass is 191 g/mol. The molecule has 2 atom stereocenters. The lowest BCUT2D eigenvalue weighted by molar-refractivity contribution is 0.140. The van der Waals surface area contributed by atoms with Crippen LogP contribution in [-0.4, -0.2) is 29.4 Å². The van der Waals surface area contributed by atoms with Crippen LogP contribution in [0.2, 0.25) is 0 Å². The van der Waals surface area contributed by atoms with Gasteiger partial charge in [-0.1, -0.05) is 13.8 Å². The minimum Gasteiger partial charge on any atom is -0.301 e. The average molecular weight is 192 g/mol. The molecule has 74 valence electrons. The van der Waals surface area contributed by atoms with Gasteiger partial charge in [0.25, 0.3) is 0 Å². The second kappa shape index (κ2) is 5.82. The molecule has 1 saturated heterocycles.